The Kier molecular flexibility index (Phi) is 18.2. The van der Waals surface area contributed by atoms with Gasteiger partial charge in [0, 0.05) is 0 Å². The highest BCUT2D eigenvalue weighted by atomic mass is 127. The van der Waals surface area contributed by atoms with Crippen LogP contribution in [0.2, 0.25) is 0 Å². The van der Waals surface area contributed by atoms with Gasteiger partial charge in [-0.05, 0) is 0 Å². The lowest BCUT2D eigenvalue weighted by Gasteiger charge is -2.16. The van der Waals surface area contributed by atoms with Gasteiger partial charge in [-0.3, -0.25) is 0 Å². The van der Waals surface area contributed by atoms with E-state index in [9.17, 15) is 0 Å². The van der Waals surface area contributed by atoms with Crippen LogP contribution in [-0.2, 0) is 0 Å². The normalized spacial score (nSPS) is 10.3. The zero-order chi connectivity index (χ0) is 40.7. The largest absolute Gasteiger partial charge is 0.548 e. The van der Waals surface area contributed by atoms with Crippen LogP contribution in [0.15, 0.2) is 273 Å². The molecular formula is C54H45AlISi3-. The fourth-order valence-corrected chi connectivity index (χ4v) is 14.7. The molecule has 5 heteroatoms. The van der Waals surface area contributed by atoms with E-state index in [0.29, 0.717) is 0 Å². The summed E-state index contributed by atoms with van der Waals surface area (Å²) >= 11 is 4.45. The summed E-state index contributed by atoms with van der Waals surface area (Å²) in [4.78, 5) is 0. The SMILES string of the molecule is [Al-][I].c1ccc([Si](c2ccccc2)c2ccccc2)cc1.c1ccc([Si](c2ccccc2)c2ccccc2)cc1.c1ccc([Si](c2ccccc2)c2ccccc2)cc1. The van der Waals surface area contributed by atoms with Gasteiger partial charge in [0.1, 0.15) is 0 Å². The molecule has 0 nitrogen and oxygen atoms in total. The maximum Gasteiger partial charge on any atom is 0.154 e. The second-order valence-corrected chi connectivity index (χ2v) is 20.9. The van der Waals surface area contributed by atoms with Crippen LogP contribution in [0.25, 0.3) is 0 Å². The molecule has 284 valence electrons. The molecular weight excluding hydrogens is 887 g/mol. The molecule has 0 spiro atoms. The standard InChI is InChI=1S/3C18H15Si.Al.HI/c3*1-4-10-16(11-5-1)19(17-12-6-2-7-13-17)18-14-8-3-9-15-18;;/h3*1-15H;;1H/p-1. The van der Waals surface area contributed by atoms with Crippen LogP contribution in [-0.4, -0.2) is 39.4 Å². The van der Waals surface area contributed by atoms with Crippen LogP contribution >= 0.6 is 20.3 Å². The average Bonchev–Trinajstić information content (AvgIpc) is 3.34. The molecule has 9 aromatic rings. The fourth-order valence-electron chi connectivity index (χ4n) is 6.94. The molecule has 0 N–H and O–H groups in total. The molecule has 0 fully saturated rings. The molecule has 0 unspecified atom stereocenters. The number of hydrogen-bond acceptors (Lipinski definition) is 0. The molecule has 0 heterocycles. The fraction of sp³-hybridized carbons (Fsp3) is 0. The van der Waals surface area contributed by atoms with Crippen molar-refractivity contribution in [2.45, 2.75) is 0 Å². The number of rotatable bonds is 9. The van der Waals surface area contributed by atoms with Gasteiger partial charge in [-0.2, -0.15) is 0 Å². The van der Waals surface area contributed by atoms with Gasteiger partial charge in [0.05, 0.1) is 0 Å². The Hall–Kier alpha value is -5.11. The first kappa shape index (κ1) is 43.5. The smallest absolute Gasteiger partial charge is 0.154 e. The van der Waals surface area contributed by atoms with Crippen molar-refractivity contribution in [2.75, 3.05) is 0 Å². The van der Waals surface area contributed by atoms with E-state index in [4.69, 9.17) is 0 Å². The first-order chi connectivity index (χ1) is 29.3. The third-order valence-electron chi connectivity index (χ3n) is 9.56. The maximum atomic E-state index is 2.39. The predicted octanol–water partition coefficient (Wildman–Crippen LogP) is 7.11. The Labute approximate surface area is 376 Å². The molecule has 0 amide bonds. The van der Waals surface area contributed by atoms with Crippen molar-refractivity contribution >= 4 is 106 Å². The lowest BCUT2D eigenvalue weighted by atomic mass is 10.3. The van der Waals surface area contributed by atoms with Gasteiger partial charge in [-0.1, -0.05) is 320 Å². The Morgan fingerprint density at radius 2 is 0.254 bits per heavy atom. The molecule has 0 aliphatic heterocycles. The molecule has 0 aromatic heterocycles. The Bertz CT molecular complexity index is 1870. The molecule has 0 aliphatic rings. The topological polar surface area (TPSA) is 0 Å². The summed E-state index contributed by atoms with van der Waals surface area (Å²) in [6, 6.07) is 97.5. The third kappa shape index (κ3) is 12.9. The second kappa shape index (κ2) is 24.7. The van der Waals surface area contributed by atoms with Gasteiger partial charge in [-0.15, -0.1) is 0 Å². The van der Waals surface area contributed by atoms with E-state index in [1.165, 1.54) is 46.7 Å². The first-order valence-electron chi connectivity index (χ1n) is 19.7. The van der Waals surface area contributed by atoms with Crippen LogP contribution in [0.5, 0.6) is 0 Å². The van der Waals surface area contributed by atoms with E-state index in [0.717, 1.165) is 0 Å². The van der Waals surface area contributed by atoms with Crippen molar-refractivity contribution in [3.8, 4) is 0 Å². The van der Waals surface area contributed by atoms with E-state index in [1.807, 2.05) is 0 Å². The molecule has 0 saturated carbocycles. The monoisotopic (exact) mass is 931 g/mol. The maximum absolute atomic E-state index is 2.39. The first-order valence-corrected chi connectivity index (χ1v) is 28.3. The second-order valence-electron chi connectivity index (χ2n) is 13.4. The van der Waals surface area contributed by atoms with Gasteiger partial charge >= 0.3 is 0 Å². The summed E-state index contributed by atoms with van der Waals surface area (Å²) in [6.45, 7) is 0. The van der Waals surface area contributed by atoms with E-state index in [2.05, 4.69) is 306 Å². The number of hydrogen-bond donors (Lipinski definition) is 0. The molecule has 6 radical (unpaired) electrons. The highest BCUT2D eigenvalue weighted by Gasteiger charge is 2.20. The molecule has 0 aliphatic carbocycles. The highest BCUT2D eigenvalue weighted by Crippen LogP contribution is 1.98. The van der Waals surface area contributed by atoms with Gasteiger partial charge in [0.2, 0.25) is 0 Å². The van der Waals surface area contributed by atoms with Crippen LogP contribution < -0.4 is 46.7 Å². The molecule has 0 bridgehead atoms. The summed E-state index contributed by atoms with van der Waals surface area (Å²) in [6.07, 6.45) is 0. The zero-order valence-corrected chi connectivity index (χ0v) is 39.2. The molecule has 9 aromatic carbocycles. The van der Waals surface area contributed by atoms with E-state index < -0.39 is 26.4 Å². The third-order valence-corrected chi connectivity index (χ3v) is 17.8. The minimum atomic E-state index is -0.877. The zero-order valence-electron chi connectivity index (χ0n) is 32.9. The molecule has 0 saturated heterocycles. The van der Waals surface area contributed by atoms with Crippen LogP contribution in [0.3, 0.4) is 0 Å². The Morgan fingerprint density at radius 1 is 0.169 bits per heavy atom. The minimum absolute atomic E-state index is 0.877. The quantitative estimate of drug-likeness (QED) is 0.0824. The lowest BCUT2D eigenvalue weighted by Crippen LogP contribution is -2.51. The molecule has 0 atom stereocenters. The molecule has 59 heavy (non-hydrogen) atoms. The predicted molar refractivity (Wildman–Crippen MR) is 272 cm³/mol. The summed E-state index contributed by atoms with van der Waals surface area (Å²) in [5.74, 6) is 0. The number of halogens is 1. The van der Waals surface area contributed by atoms with Crippen LogP contribution in [0, 0.1) is 0 Å². The highest BCUT2D eigenvalue weighted by molar-refractivity contribution is 14.1. The average molecular weight is 932 g/mol. The van der Waals surface area contributed by atoms with Crippen molar-refractivity contribution in [1.82, 2.24) is 0 Å². The summed E-state index contributed by atoms with van der Waals surface area (Å²) in [7, 11) is -2.63. The number of benzene rings is 9. The Morgan fingerprint density at radius 3 is 0.339 bits per heavy atom. The summed E-state index contributed by atoms with van der Waals surface area (Å²) < 4.78 is 0. The van der Waals surface area contributed by atoms with E-state index in [-0.39, 0.29) is 0 Å². The lowest BCUT2D eigenvalue weighted by molar-refractivity contribution is 1.71. The van der Waals surface area contributed by atoms with Crippen molar-refractivity contribution in [2.24, 2.45) is 0 Å². The Balaban J connectivity index is 0.000000146. The van der Waals surface area contributed by atoms with Crippen molar-refractivity contribution in [3.63, 3.8) is 0 Å². The summed E-state index contributed by atoms with van der Waals surface area (Å²) in [5.41, 5.74) is 0. The van der Waals surface area contributed by atoms with Crippen molar-refractivity contribution < 1.29 is 0 Å². The van der Waals surface area contributed by atoms with E-state index in [1.54, 1.807) is 0 Å². The van der Waals surface area contributed by atoms with E-state index >= 15 is 0 Å². The van der Waals surface area contributed by atoms with Crippen LogP contribution in [0.1, 0.15) is 0 Å². The van der Waals surface area contributed by atoms with Crippen molar-refractivity contribution in [3.05, 3.63) is 273 Å². The van der Waals surface area contributed by atoms with Crippen molar-refractivity contribution in [1.29, 1.82) is 0 Å². The van der Waals surface area contributed by atoms with Gasteiger partial charge in [0.15, 0.2) is 26.4 Å². The molecule has 9 rings (SSSR count). The van der Waals surface area contributed by atoms with Gasteiger partial charge in [-0.25, -0.2) is 0 Å². The van der Waals surface area contributed by atoms with Gasteiger partial charge in [0.25, 0.3) is 0 Å². The summed E-state index contributed by atoms with van der Waals surface area (Å²) in [5, 5.41) is 12.9. The van der Waals surface area contributed by atoms with Gasteiger partial charge < -0.3 is 33.3 Å². The minimum Gasteiger partial charge on any atom is -0.548 e. The van der Waals surface area contributed by atoms with Crippen LogP contribution in [0.4, 0.5) is 0 Å².